The van der Waals surface area contributed by atoms with E-state index in [4.69, 9.17) is 18.9 Å². The Kier molecular flexibility index (Phi) is 13.1. The molecule has 1 atom stereocenters. The first-order chi connectivity index (χ1) is 22.0. The number of rotatable bonds is 17. The smallest absolute Gasteiger partial charge is 0.264 e. The highest BCUT2D eigenvalue weighted by atomic mass is 32.2. The minimum atomic E-state index is -4.33. The number of nitrogens with zero attached hydrogens (tertiary/aromatic N) is 2. The molecule has 0 bridgehead atoms. The summed E-state index contributed by atoms with van der Waals surface area (Å²) in [6.07, 6.45) is 0.311. The fourth-order valence-electron chi connectivity index (χ4n) is 4.82. The van der Waals surface area contributed by atoms with Gasteiger partial charge in [0.1, 0.15) is 24.1 Å². The van der Waals surface area contributed by atoms with E-state index < -0.39 is 28.5 Å². The van der Waals surface area contributed by atoms with Gasteiger partial charge in [-0.1, -0.05) is 32.9 Å². The van der Waals surface area contributed by atoms with E-state index >= 15 is 0 Å². The highest BCUT2D eigenvalue weighted by molar-refractivity contribution is 7.92. The molecule has 46 heavy (non-hydrogen) atoms. The minimum Gasteiger partial charge on any atom is -0.497 e. The van der Waals surface area contributed by atoms with E-state index in [2.05, 4.69) is 5.32 Å². The third-order valence-corrected chi connectivity index (χ3v) is 8.98. The highest BCUT2D eigenvalue weighted by Crippen LogP contribution is 2.33. The maximum absolute atomic E-state index is 14.3. The Labute approximate surface area is 272 Å². The lowest BCUT2D eigenvalue weighted by Crippen LogP contribution is -2.52. The maximum atomic E-state index is 14.3. The molecule has 3 aromatic rings. The van der Waals surface area contributed by atoms with Gasteiger partial charge < -0.3 is 29.2 Å². The lowest BCUT2D eigenvalue weighted by Gasteiger charge is -2.33. The van der Waals surface area contributed by atoms with Crippen LogP contribution in [0.5, 0.6) is 23.0 Å². The summed E-state index contributed by atoms with van der Waals surface area (Å²) in [5.41, 5.74) is 0.961. The van der Waals surface area contributed by atoms with E-state index in [0.717, 1.165) is 9.87 Å². The molecule has 12 heteroatoms. The molecular formula is C34H45N3O8S. The SMILES string of the molecule is CCOc1ccc(N(CC(=O)N(Cc2cccc(OC)c2)[C@H](CC)C(=O)NCC(C)C)S(=O)(=O)c2ccc(OC)c(OC)c2)cc1. The number of hydrogen-bond acceptors (Lipinski definition) is 8. The number of nitrogens with one attached hydrogen (secondary N) is 1. The van der Waals surface area contributed by atoms with Crippen molar-refractivity contribution in [2.24, 2.45) is 5.92 Å². The zero-order valence-electron chi connectivity index (χ0n) is 27.6. The molecule has 2 amide bonds. The first-order valence-electron chi connectivity index (χ1n) is 15.2. The van der Waals surface area contributed by atoms with Crippen LogP contribution >= 0.6 is 0 Å². The molecule has 0 aliphatic rings. The van der Waals surface area contributed by atoms with Crippen LogP contribution in [0.3, 0.4) is 0 Å². The molecule has 0 saturated carbocycles. The summed E-state index contributed by atoms with van der Waals surface area (Å²) < 4.78 is 51.2. The van der Waals surface area contributed by atoms with Crippen LogP contribution in [0.25, 0.3) is 0 Å². The zero-order valence-corrected chi connectivity index (χ0v) is 28.4. The van der Waals surface area contributed by atoms with E-state index in [1.165, 1.54) is 37.3 Å². The van der Waals surface area contributed by atoms with Gasteiger partial charge in [0.15, 0.2) is 11.5 Å². The number of anilines is 1. The molecule has 3 rings (SSSR count). The van der Waals surface area contributed by atoms with Crippen molar-refractivity contribution in [2.45, 2.75) is 51.6 Å². The Bertz CT molecular complexity index is 1560. The van der Waals surface area contributed by atoms with Crippen LogP contribution in [0.15, 0.2) is 71.6 Å². The van der Waals surface area contributed by atoms with Gasteiger partial charge in [-0.25, -0.2) is 8.42 Å². The Morgan fingerprint density at radius 1 is 0.848 bits per heavy atom. The van der Waals surface area contributed by atoms with Gasteiger partial charge in [-0.3, -0.25) is 13.9 Å². The summed E-state index contributed by atoms with van der Waals surface area (Å²) in [5.74, 6) is 1.03. The van der Waals surface area contributed by atoms with E-state index in [1.54, 1.807) is 49.6 Å². The van der Waals surface area contributed by atoms with E-state index in [0.29, 0.717) is 36.8 Å². The van der Waals surface area contributed by atoms with Gasteiger partial charge in [-0.15, -0.1) is 0 Å². The zero-order chi connectivity index (χ0) is 33.9. The summed E-state index contributed by atoms with van der Waals surface area (Å²) in [6, 6.07) is 17.0. The number of methoxy groups -OCH3 is 3. The van der Waals surface area contributed by atoms with Crippen LogP contribution in [0, 0.1) is 5.92 Å². The molecule has 0 spiro atoms. The first-order valence-corrected chi connectivity index (χ1v) is 16.6. The highest BCUT2D eigenvalue weighted by Gasteiger charge is 2.34. The number of hydrogen-bond donors (Lipinski definition) is 1. The van der Waals surface area contributed by atoms with Crippen LogP contribution in [-0.2, 0) is 26.2 Å². The summed E-state index contributed by atoms with van der Waals surface area (Å²) in [5, 5.41) is 2.93. The quantitative estimate of drug-likeness (QED) is 0.218. The monoisotopic (exact) mass is 655 g/mol. The average Bonchev–Trinajstić information content (AvgIpc) is 3.06. The second-order valence-corrected chi connectivity index (χ2v) is 12.8. The van der Waals surface area contributed by atoms with Crippen molar-refractivity contribution in [3.63, 3.8) is 0 Å². The van der Waals surface area contributed by atoms with Gasteiger partial charge >= 0.3 is 0 Å². The van der Waals surface area contributed by atoms with Crippen molar-refractivity contribution in [1.29, 1.82) is 0 Å². The number of amides is 2. The predicted molar refractivity (Wildman–Crippen MR) is 177 cm³/mol. The second-order valence-electron chi connectivity index (χ2n) is 10.9. The molecule has 0 unspecified atom stereocenters. The molecular weight excluding hydrogens is 610 g/mol. The number of carbonyl (C=O) groups is 2. The van der Waals surface area contributed by atoms with E-state index in [9.17, 15) is 18.0 Å². The fraction of sp³-hybridized carbons (Fsp3) is 0.412. The van der Waals surface area contributed by atoms with Gasteiger partial charge in [-0.05, 0) is 73.4 Å². The molecule has 3 aromatic carbocycles. The lowest BCUT2D eigenvalue weighted by atomic mass is 10.1. The molecule has 0 aromatic heterocycles. The Morgan fingerprint density at radius 2 is 1.54 bits per heavy atom. The number of ether oxygens (including phenoxy) is 4. The molecule has 0 radical (unpaired) electrons. The van der Waals surface area contributed by atoms with Gasteiger partial charge in [0.25, 0.3) is 10.0 Å². The Hall–Kier alpha value is -4.45. The normalized spacial score (nSPS) is 11.8. The second kappa shape index (κ2) is 16.7. The summed E-state index contributed by atoms with van der Waals surface area (Å²) in [7, 11) is 0.0755. The molecule has 0 heterocycles. The molecule has 0 aliphatic carbocycles. The van der Waals surface area contributed by atoms with Crippen molar-refractivity contribution in [3.8, 4) is 23.0 Å². The number of benzene rings is 3. The number of sulfonamides is 1. The summed E-state index contributed by atoms with van der Waals surface area (Å²) in [4.78, 5) is 29.1. The topological polar surface area (TPSA) is 124 Å². The van der Waals surface area contributed by atoms with Crippen molar-refractivity contribution in [3.05, 3.63) is 72.3 Å². The van der Waals surface area contributed by atoms with Crippen molar-refractivity contribution in [1.82, 2.24) is 10.2 Å². The van der Waals surface area contributed by atoms with Crippen LogP contribution in [-0.4, -0.2) is 72.2 Å². The fourth-order valence-corrected chi connectivity index (χ4v) is 6.25. The minimum absolute atomic E-state index is 0.0527. The Balaban J connectivity index is 2.11. The Morgan fingerprint density at radius 3 is 2.13 bits per heavy atom. The van der Waals surface area contributed by atoms with Gasteiger partial charge in [0, 0.05) is 19.2 Å². The molecule has 0 fully saturated rings. The van der Waals surface area contributed by atoms with Crippen molar-refractivity contribution < 1.29 is 37.0 Å². The standard InChI is InChI=1S/C34H45N3O8S/c1-8-30(34(39)35-21-24(3)4)36(22-25-11-10-12-28(19-25)42-5)33(38)23-37(26-13-15-27(16-14-26)45-9-2)46(40,41)29-17-18-31(43-6)32(20-29)44-7/h10-20,24,30H,8-9,21-23H2,1-7H3,(H,35,39)/t30-/m1/s1. The average molecular weight is 656 g/mol. The van der Waals surface area contributed by atoms with E-state index in [1.807, 2.05) is 33.8 Å². The van der Waals surface area contributed by atoms with Gasteiger partial charge in [0.2, 0.25) is 11.8 Å². The van der Waals surface area contributed by atoms with Crippen LogP contribution in [0.2, 0.25) is 0 Å². The van der Waals surface area contributed by atoms with Crippen LogP contribution in [0.4, 0.5) is 5.69 Å². The van der Waals surface area contributed by atoms with Crippen LogP contribution in [0.1, 0.15) is 39.7 Å². The molecule has 0 saturated heterocycles. The summed E-state index contributed by atoms with van der Waals surface area (Å²) >= 11 is 0. The van der Waals surface area contributed by atoms with Crippen molar-refractivity contribution in [2.75, 3.05) is 45.3 Å². The van der Waals surface area contributed by atoms with Crippen molar-refractivity contribution >= 4 is 27.5 Å². The maximum Gasteiger partial charge on any atom is 0.264 e. The third-order valence-electron chi connectivity index (χ3n) is 7.22. The molecule has 0 aliphatic heterocycles. The van der Waals surface area contributed by atoms with Gasteiger partial charge in [-0.2, -0.15) is 0 Å². The third kappa shape index (κ3) is 9.06. The van der Waals surface area contributed by atoms with E-state index in [-0.39, 0.29) is 34.7 Å². The molecule has 11 nitrogen and oxygen atoms in total. The largest absolute Gasteiger partial charge is 0.497 e. The summed E-state index contributed by atoms with van der Waals surface area (Å²) in [6.45, 7) is 7.96. The lowest BCUT2D eigenvalue weighted by molar-refractivity contribution is -0.140. The molecule has 250 valence electrons. The first kappa shape index (κ1) is 36.0. The van der Waals surface area contributed by atoms with Gasteiger partial charge in [0.05, 0.1) is 38.5 Å². The van der Waals surface area contributed by atoms with Crippen LogP contribution < -0.4 is 28.6 Å². The predicted octanol–water partition coefficient (Wildman–Crippen LogP) is 4.89. The molecule has 1 N–H and O–H groups in total. The number of carbonyl (C=O) groups excluding carboxylic acids is 2.